The van der Waals surface area contributed by atoms with Crippen LogP contribution in [-0.2, 0) is 5.41 Å². The van der Waals surface area contributed by atoms with Crippen LogP contribution in [0.4, 0.5) is 5.69 Å². The molecule has 0 saturated carbocycles. The fraction of sp³-hybridized carbons (Fsp3) is 0.189. The van der Waals surface area contributed by atoms with Crippen molar-refractivity contribution >= 4 is 27.5 Å². The fourth-order valence-electron chi connectivity index (χ4n) is 7.61. The zero-order chi connectivity index (χ0) is 26.3. The number of nitrogens with zero attached hydrogens (tertiary/aromatic N) is 1. The summed E-state index contributed by atoms with van der Waals surface area (Å²) >= 11 is 0. The highest BCUT2D eigenvalue weighted by molar-refractivity contribution is 6.10. The van der Waals surface area contributed by atoms with Crippen molar-refractivity contribution in [3.63, 3.8) is 0 Å². The molecule has 1 aromatic heterocycles. The van der Waals surface area contributed by atoms with Crippen LogP contribution in [0.1, 0.15) is 61.0 Å². The molecule has 0 bridgehead atoms. The molecule has 6 aromatic rings. The molecular formula is C37H32N2. The second-order valence-corrected chi connectivity index (χ2v) is 11.9. The van der Waals surface area contributed by atoms with Gasteiger partial charge in [-0.25, -0.2) is 0 Å². The van der Waals surface area contributed by atoms with Gasteiger partial charge in [0.05, 0.1) is 11.0 Å². The normalized spacial score (nSPS) is 20.8. The van der Waals surface area contributed by atoms with Crippen LogP contribution in [-0.4, -0.2) is 4.57 Å². The summed E-state index contributed by atoms with van der Waals surface area (Å²) in [7, 11) is 0. The van der Waals surface area contributed by atoms with Crippen LogP contribution in [0.2, 0.25) is 0 Å². The molecule has 3 unspecified atom stereocenters. The summed E-state index contributed by atoms with van der Waals surface area (Å²) in [5.74, 6) is 0.636. The van der Waals surface area contributed by atoms with Gasteiger partial charge in [0.15, 0.2) is 0 Å². The lowest BCUT2D eigenvalue weighted by Gasteiger charge is -2.41. The van der Waals surface area contributed by atoms with E-state index in [1.54, 1.807) is 0 Å². The Morgan fingerprint density at radius 3 is 2.23 bits per heavy atom. The maximum atomic E-state index is 4.03. The molecule has 190 valence electrons. The van der Waals surface area contributed by atoms with E-state index in [1.807, 2.05) is 0 Å². The van der Waals surface area contributed by atoms with Crippen molar-refractivity contribution in [2.45, 2.75) is 44.2 Å². The standard InChI is InChI=1S/C37H32N2/c1-23-25-15-8-11-19-32(25)38-36(35(23)24-13-5-4-6-14-24)39-33-20-12-9-17-27(33)29-21-31-28(22-34(29)39)26-16-7-10-18-30(26)37(31,2)3/h4-23,35-36,38H,1-3H3. The van der Waals surface area contributed by atoms with E-state index in [9.17, 15) is 0 Å². The Morgan fingerprint density at radius 2 is 1.36 bits per heavy atom. The van der Waals surface area contributed by atoms with Crippen molar-refractivity contribution in [2.24, 2.45) is 0 Å². The number of aromatic nitrogens is 1. The van der Waals surface area contributed by atoms with Crippen molar-refractivity contribution in [3.8, 4) is 11.1 Å². The Morgan fingerprint density at radius 1 is 0.641 bits per heavy atom. The van der Waals surface area contributed by atoms with Crippen LogP contribution >= 0.6 is 0 Å². The van der Waals surface area contributed by atoms with Gasteiger partial charge in [0, 0.05) is 27.8 Å². The van der Waals surface area contributed by atoms with Crippen LogP contribution in [0.5, 0.6) is 0 Å². The molecule has 2 nitrogen and oxygen atoms in total. The minimum atomic E-state index is -0.0214. The molecule has 0 radical (unpaired) electrons. The average Bonchev–Trinajstić information content (AvgIpc) is 3.41. The van der Waals surface area contributed by atoms with E-state index in [0.717, 1.165) is 0 Å². The van der Waals surface area contributed by atoms with E-state index >= 15 is 0 Å². The first-order valence-corrected chi connectivity index (χ1v) is 14.1. The fourth-order valence-corrected chi connectivity index (χ4v) is 7.61. The largest absolute Gasteiger partial charge is 0.364 e. The van der Waals surface area contributed by atoms with Crippen molar-refractivity contribution < 1.29 is 0 Å². The van der Waals surface area contributed by atoms with Crippen molar-refractivity contribution in [1.82, 2.24) is 4.57 Å². The van der Waals surface area contributed by atoms with Gasteiger partial charge in [-0.2, -0.15) is 0 Å². The van der Waals surface area contributed by atoms with Crippen LogP contribution in [0, 0.1) is 0 Å². The maximum absolute atomic E-state index is 4.03. The lowest BCUT2D eigenvalue weighted by molar-refractivity contribution is 0.409. The number of rotatable bonds is 2. The van der Waals surface area contributed by atoms with E-state index in [-0.39, 0.29) is 17.5 Å². The summed E-state index contributed by atoms with van der Waals surface area (Å²) in [6.45, 7) is 7.14. The third-order valence-electron chi connectivity index (χ3n) is 9.51. The average molecular weight is 505 g/mol. The molecule has 0 fully saturated rings. The number of hydrogen-bond donors (Lipinski definition) is 1. The lowest BCUT2D eigenvalue weighted by atomic mass is 9.77. The number of fused-ring (bicyclic) bond motifs is 7. The predicted molar refractivity (Wildman–Crippen MR) is 164 cm³/mol. The quantitative estimate of drug-likeness (QED) is 0.248. The smallest absolute Gasteiger partial charge is 0.111 e. The zero-order valence-electron chi connectivity index (χ0n) is 22.6. The summed E-state index contributed by atoms with van der Waals surface area (Å²) in [6.07, 6.45) is 0.0717. The molecule has 2 aliphatic rings. The highest BCUT2D eigenvalue weighted by Gasteiger charge is 2.39. The number of hydrogen-bond acceptors (Lipinski definition) is 1. The van der Waals surface area contributed by atoms with Crippen LogP contribution in [0.3, 0.4) is 0 Å². The number of benzene rings is 5. The van der Waals surface area contributed by atoms with Gasteiger partial charge in [0.2, 0.25) is 0 Å². The van der Waals surface area contributed by atoms with Crippen LogP contribution < -0.4 is 5.32 Å². The molecule has 39 heavy (non-hydrogen) atoms. The van der Waals surface area contributed by atoms with Gasteiger partial charge in [-0.15, -0.1) is 0 Å². The molecule has 3 atom stereocenters. The van der Waals surface area contributed by atoms with E-state index in [2.05, 4.69) is 146 Å². The number of anilines is 1. The molecule has 1 aliphatic carbocycles. The van der Waals surface area contributed by atoms with E-state index in [0.29, 0.717) is 5.92 Å². The monoisotopic (exact) mass is 504 g/mol. The van der Waals surface area contributed by atoms with E-state index in [4.69, 9.17) is 0 Å². The Bertz CT molecular complexity index is 1890. The van der Waals surface area contributed by atoms with Gasteiger partial charge in [-0.1, -0.05) is 112 Å². The summed E-state index contributed by atoms with van der Waals surface area (Å²) < 4.78 is 2.60. The molecule has 0 amide bonds. The van der Waals surface area contributed by atoms with E-state index in [1.165, 1.54) is 60.9 Å². The molecule has 2 heterocycles. The van der Waals surface area contributed by atoms with Gasteiger partial charge in [0.25, 0.3) is 0 Å². The summed E-state index contributed by atoms with van der Waals surface area (Å²) in [5.41, 5.74) is 12.1. The third-order valence-corrected chi connectivity index (χ3v) is 9.51. The van der Waals surface area contributed by atoms with Crippen molar-refractivity contribution in [2.75, 3.05) is 5.32 Å². The molecule has 0 spiro atoms. The molecule has 0 saturated heterocycles. The van der Waals surface area contributed by atoms with E-state index < -0.39 is 0 Å². The number of nitrogens with one attached hydrogen (secondary N) is 1. The Balaban J connectivity index is 1.45. The molecule has 5 aromatic carbocycles. The minimum absolute atomic E-state index is 0.0214. The highest BCUT2D eigenvalue weighted by Crippen LogP contribution is 2.53. The van der Waals surface area contributed by atoms with Crippen LogP contribution in [0.15, 0.2) is 115 Å². The van der Waals surface area contributed by atoms with Crippen molar-refractivity contribution in [3.05, 3.63) is 138 Å². The van der Waals surface area contributed by atoms with Gasteiger partial charge < -0.3 is 9.88 Å². The molecular weight excluding hydrogens is 472 g/mol. The topological polar surface area (TPSA) is 17.0 Å². The number of para-hydroxylation sites is 2. The van der Waals surface area contributed by atoms with Gasteiger partial charge in [-0.05, 0) is 63.6 Å². The molecule has 8 rings (SSSR count). The lowest BCUT2D eigenvalue weighted by Crippen LogP contribution is -2.33. The first-order valence-electron chi connectivity index (χ1n) is 14.1. The minimum Gasteiger partial charge on any atom is -0.364 e. The van der Waals surface area contributed by atoms with Crippen LogP contribution in [0.25, 0.3) is 32.9 Å². The summed E-state index contributed by atoms with van der Waals surface area (Å²) in [5, 5.41) is 6.69. The molecule has 2 heteroatoms. The predicted octanol–water partition coefficient (Wildman–Crippen LogP) is 9.61. The zero-order valence-corrected chi connectivity index (χ0v) is 22.6. The second kappa shape index (κ2) is 8.10. The molecule has 1 aliphatic heterocycles. The van der Waals surface area contributed by atoms with Gasteiger partial charge >= 0.3 is 0 Å². The highest BCUT2D eigenvalue weighted by atomic mass is 15.2. The SMILES string of the molecule is CC1c2ccccc2NC(n2c3ccccc3c3cc4c(cc32)-c2ccccc2C4(C)C)C1c1ccccc1. The van der Waals surface area contributed by atoms with Crippen molar-refractivity contribution in [1.29, 1.82) is 0 Å². The third kappa shape index (κ3) is 3.09. The molecule has 1 N–H and O–H groups in total. The Hall–Kier alpha value is -4.30. The Labute approximate surface area is 229 Å². The van der Waals surface area contributed by atoms with Gasteiger partial charge in [0.1, 0.15) is 6.17 Å². The Kier molecular flexibility index (Phi) is 4.71. The summed E-state index contributed by atoms with van der Waals surface area (Å²) in [6, 6.07) is 42.8. The maximum Gasteiger partial charge on any atom is 0.111 e. The first kappa shape index (κ1) is 22.7. The second-order valence-electron chi connectivity index (χ2n) is 11.9. The summed E-state index contributed by atoms with van der Waals surface area (Å²) in [4.78, 5) is 0. The first-order chi connectivity index (χ1) is 19.0. The van der Waals surface area contributed by atoms with Gasteiger partial charge in [-0.3, -0.25) is 0 Å².